The summed E-state index contributed by atoms with van der Waals surface area (Å²) in [5.41, 5.74) is 0.101. The van der Waals surface area contributed by atoms with Crippen LogP contribution in [-0.4, -0.2) is 9.97 Å². The van der Waals surface area contributed by atoms with Crippen molar-refractivity contribution in [2.24, 2.45) is 9.50 Å². The summed E-state index contributed by atoms with van der Waals surface area (Å²) < 4.78 is 55.1. The molecule has 0 bridgehead atoms. The second-order valence-corrected chi connectivity index (χ2v) is 5.93. The van der Waals surface area contributed by atoms with Crippen LogP contribution in [0.5, 0.6) is 0 Å². The van der Waals surface area contributed by atoms with Gasteiger partial charge in [-0.1, -0.05) is 0 Å². The molecule has 0 amide bonds. The highest BCUT2D eigenvalue weighted by Crippen LogP contribution is 2.30. The quantitative estimate of drug-likeness (QED) is 0.689. The summed E-state index contributed by atoms with van der Waals surface area (Å²) in [6.07, 6.45) is -1.81. The van der Waals surface area contributed by atoms with E-state index in [1.807, 2.05) is 0 Å². The number of pyridine rings is 1. The van der Waals surface area contributed by atoms with E-state index in [9.17, 15) is 17.6 Å². The van der Waals surface area contributed by atoms with Gasteiger partial charge in [-0.3, -0.25) is 5.14 Å². The highest BCUT2D eigenvalue weighted by atomic mass is 32.2. The molecule has 3 aromatic rings. The fourth-order valence-corrected chi connectivity index (χ4v) is 2.86. The van der Waals surface area contributed by atoms with Crippen molar-refractivity contribution < 1.29 is 17.6 Å². The third-order valence-electron chi connectivity index (χ3n) is 3.10. The van der Waals surface area contributed by atoms with E-state index in [1.165, 1.54) is 24.4 Å². The van der Waals surface area contributed by atoms with Gasteiger partial charge in [-0.2, -0.15) is 13.2 Å². The van der Waals surface area contributed by atoms with Gasteiger partial charge in [-0.05, 0) is 30.3 Å². The predicted molar refractivity (Wildman–Crippen MR) is 79.4 cm³/mol. The Labute approximate surface area is 130 Å². The Morgan fingerprint density at radius 3 is 2.52 bits per heavy atom. The lowest BCUT2D eigenvalue weighted by atomic mass is 10.2. The van der Waals surface area contributed by atoms with Gasteiger partial charge in [0.25, 0.3) is 0 Å². The molecule has 1 unspecified atom stereocenters. The molecule has 0 radical (unpaired) electrons. The Balaban J connectivity index is 1.96. The second kappa shape index (κ2) is 5.74. The Morgan fingerprint density at radius 2 is 1.87 bits per heavy atom. The standard InChI is InChI=1S/C14H10F4N4S/c15-9-5-11-12(7-21-13(11)20-6-9)22-23(19)10-3-1-8(2-4-10)14(16,17)18/h1-7H,(H2,19,22)(H,20,21). The summed E-state index contributed by atoms with van der Waals surface area (Å²) in [4.78, 5) is 7.14. The van der Waals surface area contributed by atoms with E-state index in [-0.39, 0.29) is 0 Å². The van der Waals surface area contributed by atoms with Crippen molar-refractivity contribution in [1.29, 1.82) is 0 Å². The second-order valence-electron chi connectivity index (χ2n) is 4.65. The lowest BCUT2D eigenvalue weighted by Crippen LogP contribution is -2.06. The maximum absolute atomic E-state index is 13.3. The zero-order valence-corrected chi connectivity index (χ0v) is 12.2. The Kier molecular flexibility index (Phi) is 3.90. The van der Waals surface area contributed by atoms with Crippen molar-refractivity contribution in [3.05, 3.63) is 54.1 Å². The first-order valence-electron chi connectivity index (χ1n) is 6.35. The molecule has 0 saturated heterocycles. The van der Waals surface area contributed by atoms with Crippen LogP contribution in [0.3, 0.4) is 0 Å². The van der Waals surface area contributed by atoms with Crippen LogP contribution < -0.4 is 5.14 Å². The number of nitrogens with one attached hydrogen (secondary N) is 1. The number of aromatic nitrogens is 2. The zero-order chi connectivity index (χ0) is 16.6. The minimum atomic E-state index is -4.40. The van der Waals surface area contributed by atoms with Gasteiger partial charge < -0.3 is 4.98 Å². The van der Waals surface area contributed by atoms with Gasteiger partial charge in [0.2, 0.25) is 0 Å². The monoisotopic (exact) mass is 342 g/mol. The highest BCUT2D eigenvalue weighted by molar-refractivity contribution is 7.85. The van der Waals surface area contributed by atoms with Gasteiger partial charge in [0.15, 0.2) is 0 Å². The van der Waals surface area contributed by atoms with E-state index in [2.05, 4.69) is 14.3 Å². The van der Waals surface area contributed by atoms with Crippen LogP contribution in [0.1, 0.15) is 5.56 Å². The number of fused-ring (bicyclic) bond motifs is 1. The third kappa shape index (κ3) is 3.25. The zero-order valence-electron chi connectivity index (χ0n) is 11.4. The Bertz CT molecular complexity index is 884. The summed E-state index contributed by atoms with van der Waals surface area (Å²) in [6, 6.07) is 5.73. The number of H-pyrrole nitrogens is 1. The molecule has 0 aliphatic carbocycles. The number of halogens is 4. The third-order valence-corrected chi connectivity index (χ3v) is 4.24. The predicted octanol–water partition coefficient (Wildman–Crippen LogP) is 4.09. The van der Waals surface area contributed by atoms with Crippen molar-refractivity contribution >= 4 is 27.6 Å². The van der Waals surface area contributed by atoms with E-state index in [4.69, 9.17) is 5.14 Å². The van der Waals surface area contributed by atoms with Crippen molar-refractivity contribution in [1.82, 2.24) is 9.97 Å². The van der Waals surface area contributed by atoms with E-state index in [0.717, 1.165) is 18.3 Å². The number of rotatable bonds is 2. The largest absolute Gasteiger partial charge is 0.416 e. The van der Waals surface area contributed by atoms with Crippen molar-refractivity contribution in [3.63, 3.8) is 0 Å². The molecule has 1 aromatic carbocycles. The van der Waals surface area contributed by atoms with Gasteiger partial charge >= 0.3 is 6.18 Å². The maximum atomic E-state index is 13.3. The average Bonchev–Trinajstić information content (AvgIpc) is 2.89. The highest BCUT2D eigenvalue weighted by Gasteiger charge is 2.30. The normalized spacial score (nSPS) is 13.6. The van der Waals surface area contributed by atoms with E-state index in [0.29, 0.717) is 21.6 Å². The number of alkyl halides is 3. The molecule has 3 N–H and O–H groups in total. The van der Waals surface area contributed by atoms with Gasteiger partial charge in [0.05, 0.1) is 17.4 Å². The number of hydrogen-bond donors (Lipinski definition) is 2. The first-order valence-corrected chi connectivity index (χ1v) is 7.59. The topological polar surface area (TPSA) is 67.1 Å². The molecule has 120 valence electrons. The van der Waals surface area contributed by atoms with E-state index < -0.39 is 28.4 Å². The molecule has 3 rings (SSSR count). The smallest absolute Gasteiger partial charge is 0.344 e. The van der Waals surface area contributed by atoms with Crippen LogP contribution >= 0.6 is 0 Å². The summed E-state index contributed by atoms with van der Waals surface area (Å²) >= 11 is 0. The van der Waals surface area contributed by atoms with Crippen molar-refractivity contribution in [2.75, 3.05) is 0 Å². The summed E-state index contributed by atoms with van der Waals surface area (Å²) in [7, 11) is -1.17. The maximum Gasteiger partial charge on any atom is 0.416 e. The molecule has 2 heterocycles. The van der Waals surface area contributed by atoms with Gasteiger partial charge in [-0.15, -0.1) is 0 Å². The molecule has 0 aliphatic heterocycles. The molecule has 4 nitrogen and oxygen atoms in total. The summed E-state index contributed by atoms with van der Waals surface area (Å²) in [5.74, 6) is -0.514. The van der Waals surface area contributed by atoms with E-state index in [1.54, 1.807) is 0 Å². The number of nitrogens with two attached hydrogens (primary N) is 1. The Morgan fingerprint density at radius 1 is 1.17 bits per heavy atom. The van der Waals surface area contributed by atoms with Crippen LogP contribution in [0, 0.1) is 5.82 Å². The molecule has 1 atom stereocenters. The molecule has 0 fully saturated rings. The fraction of sp³-hybridized carbons (Fsp3) is 0.0714. The molecule has 0 saturated carbocycles. The van der Waals surface area contributed by atoms with Gasteiger partial charge in [-0.25, -0.2) is 13.7 Å². The molecule has 9 heteroatoms. The molecule has 0 spiro atoms. The molecular formula is C14H10F4N4S. The Hall–Kier alpha value is -2.26. The number of benzene rings is 1. The molecule has 0 aliphatic rings. The van der Waals surface area contributed by atoms with Crippen LogP contribution in [-0.2, 0) is 17.1 Å². The van der Waals surface area contributed by atoms with Gasteiger partial charge in [0.1, 0.15) is 11.5 Å². The van der Waals surface area contributed by atoms with Gasteiger partial charge in [0, 0.05) is 27.4 Å². The average molecular weight is 342 g/mol. The number of aromatic amines is 1. The van der Waals surface area contributed by atoms with Crippen LogP contribution in [0.4, 0.5) is 23.2 Å². The summed E-state index contributed by atoms with van der Waals surface area (Å²) in [6.45, 7) is 0. The van der Waals surface area contributed by atoms with Crippen molar-refractivity contribution in [3.8, 4) is 0 Å². The van der Waals surface area contributed by atoms with Crippen LogP contribution in [0.25, 0.3) is 11.0 Å². The van der Waals surface area contributed by atoms with Crippen LogP contribution in [0.15, 0.2) is 52.0 Å². The molecule has 23 heavy (non-hydrogen) atoms. The summed E-state index contributed by atoms with van der Waals surface area (Å²) in [5, 5.41) is 6.38. The van der Waals surface area contributed by atoms with E-state index >= 15 is 0 Å². The lowest BCUT2D eigenvalue weighted by molar-refractivity contribution is -0.137. The molecular weight excluding hydrogens is 332 g/mol. The first kappa shape index (κ1) is 15.6. The SMILES string of the molecule is NS(=Nc1c[nH]c2ncc(F)cc12)c1ccc(C(F)(F)F)cc1. The minimum absolute atomic E-state index is 0.401. The number of nitrogens with zero attached hydrogens (tertiary/aromatic N) is 2. The minimum Gasteiger partial charge on any atom is -0.344 e. The van der Waals surface area contributed by atoms with Crippen LogP contribution in [0.2, 0.25) is 0 Å². The fourth-order valence-electron chi connectivity index (χ4n) is 1.98. The molecule has 2 aromatic heterocycles. The van der Waals surface area contributed by atoms with Crippen molar-refractivity contribution in [2.45, 2.75) is 11.1 Å². The number of hydrogen-bond acceptors (Lipinski definition) is 2. The lowest BCUT2D eigenvalue weighted by Gasteiger charge is -2.07. The first-order chi connectivity index (χ1) is 10.8.